The van der Waals surface area contributed by atoms with Gasteiger partial charge in [0, 0.05) is 22.7 Å². The Morgan fingerprint density at radius 3 is 2.74 bits per heavy atom. The highest BCUT2D eigenvalue weighted by molar-refractivity contribution is 7.10. The van der Waals surface area contributed by atoms with Crippen molar-refractivity contribution >= 4 is 28.1 Å². The zero-order chi connectivity index (χ0) is 23.3. The molecular formula is C28H29N3O2S. The lowest BCUT2D eigenvalue weighted by atomic mass is 9.95. The fourth-order valence-electron chi connectivity index (χ4n) is 4.63. The molecule has 1 atom stereocenters. The van der Waals surface area contributed by atoms with E-state index in [1.54, 1.807) is 18.4 Å². The molecule has 174 valence electrons. The van der Waals surface area contributed by atoms with Crippen LogP contribution >= 0.6 is 11.3 Å². The van der Waals surface area contributed by atoms with Gasteiger partial charge in [0.25, 0.3) is 0 Å². The van der Waals surface area contributed by atoms with Gasteiger partial charge in [0.15, 0.2) is 0 Å². The summed E-state index contributed by atoms with van der Waals surface area (Å²) in [6, 6.07) is 24.3. The van der Waals surface area contributed by atoms with Crippen LogP contribution in [0.15, 0.2) is 78.2 Å². The van der Waals surface area contributed by atoms with E-state index in [2.05, 4.69) is 40.5 Å². The molecular weight excluding hydrogens is 442 g/mol. The van der Waals surface area contributed by atoms with Gasteiger partial charge in [-0.3, -0.25) is 14.7 Å². The minimum absolute atomic E-state index is 0.0180. The Hall–Kier alpha value is -3.22. The number of carbonyl (C=O) groups excluding carboxylic acids is 1. The maximum Gasteiger partial charge on any atom is 0.224 e. The van der Waals surface area contributed by atoms with E-state index in [4.69, 9.17) is 9.72 Å². The molecule has 5 nitrogen and oxygen atoms in total. The number of thiophene rings is 1. The quantitative estimate of drug-likeness (QED) is 0.391. The number of rotatable bonds is 7. The fourth-order valence-corrected chi connectivity index (χ4v) is 5.42. The number of carbonyl (C=O) groups is 1. The number of fused-ring (bicyclic) bond motifs is 1. The van der Waals surface area contributed by atoms with Gasteiger partial charge in [0.05, 0.1) is 18.3 Å². The van der Waals surface area contributed by atoms with Gasteiger partial charge in [-0.2, -0.15) is 0 Å². The number of para-hydroxylation sites is 1. The molecule has 0 saturated carbocycles. The monoisotopic (exact) mass is 471 g/mol. The number of methoxy groups -OCH3 is 1. The van der Waals surface area contributed by atoms with E-state index in [1.807, 2.05) is 47.8 Å². The first-order chi connectivity index (χ1) is 16.7. The first kappa shape index (κ1) is 22.6. The molecule has 1 aliphatic heterocycles. The van der Waals surface area contributed by atoms with E-state index in [1.165, 1.54) is 5.56 Å². The van der Waals surface area contributed by atoms with Crippen LogP contribution in [0.1, 0.15) is 35.0 Å². The summed E-state index contributed by atoms with van der Waals surface area (Å²) in [5.41, 5.74) is 3.06. The molecule has 2 aromatic heterocycles. The summed E-state index contributed by atoms with van der Waals surface area (Å²) in [7, 11) is 1.69. The first-order valence-corrected chi connectivity index (χ1v) is 12.6. The lowest BCUT2D eigenvalue weighted by molar-refractivity contribution is -0.127. The Morgan fingerprint density at radius 1 is 1.09 bits per heavy atom. The third-order valence-corrected chi connectivity index (χ3v) is 7.47. The van der Waals surface area contributed by atoms with Crippen LogP contribution in [0.2, 0.25) is 0 Å². The molecule has 1 fully saturated rings. The maximum absolute atomic E-state index is 13.3. The molecule has 5 rings (SSSR count). The maximum atomic E-state index is 13.3. The van der Waals surface area contributed by atoms with Gasteiger partial charge >= 0.3 is 0 Å². The number of hydrogen-bond donors (Lipinski definition) is 1. The van der Waals surface area contributed by atoms with E-state index in [0.717, 1.165) is 59.7 Å². The zero-order valence-corrected chi connectivity index (χ0v) is 20.1. The Labute approximate surface area is 204 Å². The number of nitrogens with one attached hydrogen (secondary N) is 1. The minimum Gasteiger partial charge on any atom is -0.497 e. The number of benzene rings is 2. The molecule has 4 aromatic rings. The number of nitrogens with zero attached hydrogens (tertiary/aromatic N) is 2. The molecule has 0 aliphatic carbocycles. The summed E-state index contributed by atoms with van der Waals surface area (Å²) in [6.07, 6.45) is 1.72. The number of pyridine rings is 1. The second-order valence-corrected chi connectivity index (χ2v) is 9.77. The van der Waals surface area contributed by atoms with Gasteiger partial charge in [-0.05, 0) is 67.2 Å². The van der Waals surface area contributed by atoms with Crippen molar-refractivity contribution in [2.75, 3.05) is 20.2 Å². The highest BCUT2D eigenvalue weighted by atomic mass is 32.1. The summed E-state index contributed by atoms with van der Waals surface area (Å²) in [5.74, 6) is 1.02. The number of ether oxygens (including phenoxy) is 1. The predicted molar refractivity (Wildman–Crippen MR) is 137 cm³/mol. The molecule has 2 aromatic carbocycles. The van der Waals surface area contributed by atoms with Crippen molar-refractivity contribution in [1.29, 1.82) is 0 Å². The van der Waals surface area contributed by atoms with Crippen molar-refractivity contribution in [2.45, 2.75) is 25.4 Å². The van der Waals surface area contributed by atoms with Crippen LogP contribution in [-0.2, 0) is 11.3 Å². The summed E-state index contributed by atoms with van der Waals surface area (Å²) in [4.78, 5) is 21.7. The average molecular weight is 472 g/mol. The van der Waals surface area contributed by atoms with Gasteiger partial charge in [-0.25, -0.2) is 0 Å². The highest BCUT2D eigenvalue weighted by Crippen LogP contribution is 2.28. The van der Waals surface area contributed by atoms with Crippen molar-refractivity contribution in [3.05, 3.63) is 94.3 Å². The number of amides is 1. The number of likely N-dealkylation sites (tertiary alicyclic amines) is 1. The summed E-state index contributed by atoms with van der Waals surface area (Å²) in [6.45, 7) is 2.70. The molecule has 0 spiro atoms. The number of hydrogen-bond acceptors (Lipinski definition) is 5. The smallest absolute Gasteiger partial charge is 0.224 e. The van der Waals surface area contributed by atoms with Crippen molar-refractivity contribution in [3.8, 4) is 5.75 Å². The van der Waals surface area contributed by atoms with E-state index in [-0.39, 0.29) is 17.9 Å². The summed E-state index contributed by atoms with van der Waals surface area (Å²) >= 11 is 1.65. The van der Waals surface area contributed by atoms with E-state index < -0.39 is 0 Å². The summed E-state index contributed by atoms with van der Waals surface area (Å²) in [5, 5.41) is 6.47. The SMILES string of the molecule is COc1cccc(CN2CCC(C(=O)NC(c3ccc4ccccc4n3)c3cccs3)CC2)c1. The molecule has 1 saturated heterocycles. The Bertz CT molecular complexity index is 1250. The standard InChI is InChI=1S/C28H29N3O2S/c1-33-23-8-4-6-20(18-23)19-31-15-13-22(14-16-31)28(32)30-27(26-10-5-17-34-26)25-12-11-21-7-2-3-9-24(21)29-25/h2-12,17-18,22,27H,13-16,19H2,1H3,(H,30,32). The fraction of sp³-hybridized carbons (Fsp3) is 0.286. The van der Waals surface area contributed by atoms with Crippen LogP contribution in [0.5, 0.6) is 5.75 Å². The van der Waals surface area contributed by atoms with Gasteiger partial charge in [-0.1, -0.05) is 42.5 Å². The van der Waals surface area contributed by atoms with E-state index >= 15 is 0 Å². The van der Waals surface area contributed by atoms with Crippen LogP contribution in [-0.4, -0.2) is 36.0 Å². The Kier molecular flexibility index (Phi) is 6.88. The molecule has 0 bridgehead atoms. The van der Waals surface area contributed by atoms with E-state index in [0.29, 0.717) is 0 Å². The molecule has 1 aliphatic rings. The lowest BCUT2D eigenvalue weighted by Gasteiger charge is -2.32. The largest absolute Gasteiger partial charge is 0.497 e. The van der Waals surface area contributed by atoms with Crippen LogP contribution in [0.3, 0.4) is 0 Å². The highest BCUT2D eigenvalue weighted by Gasteiger charge is 2.28. The van der Waals surface area contributed by atoms with Gasteiger partial charge in [0.1, 0.15) is 11.8 Å². The summed E-state index contributed by atoms with van der Waals surface area (Å²) < 4.78 is 5.34. The molecule has 1 amide bonds. The topological polar surface area (TPSA) is 54.5 Å². The average Bonchev–Trinajstić information content (AvgIpc) is 3.42. The molecule has 1 unspecified atom stereocenters. The van der Waals surface area contributed by atoms with Crippen molar-refractivity contribution < 1.29 is 9.53 Å². The van der Waals surface area contributed by atoms with Gasteiger partial charge < -0.3 is 10.1 Å². The van der Waals surface area contributed by atoms with Gasteiger partial charge in [-0.15, -0.1) is 11.3 Å². The first-order valence-electron chi connectivity index (χ1n) is 11.7. The normalized spacial score (nSPS) is 15.8. The minimum atomic E-state index is -0.230. The third-order valence-electron chi connectivity index (χ3n) is 6.53. The second kappa shape index (κ2) is 10.4. The lowest BCUT2D eigenvalue weighted by Crippen LogP contribution is -2.41. The molecule has 1 N–H and O–H groups in total. The Balaban J connectivity index is 1.25. The van der Waals surface area contributed by atoms with Crippen molar-refractivity contribution in [2.24, 2.45) is 5.92 Å². The molecule has 3 heterocycles. The Morgan fingerprint density at radius 2 is 1.94 bits per heavy atom. The van der Waals surface area contributed by atoms with Gasteiger partial charge in [0.2, 0.25) is 5.91 Å². The van der Waals surface area contributed by atoms with Crippen LogP contribution < -0.4 is 10.1 Å². The van der Waals surface area contributed by atoms with Crippen LogP contribution in [0, 0.1) is 5.92 Å². The molecule has 0 radical (unpaired) electrons. The van der Waals surface area contributed by atoms with E-state index in [9.17, 15) is 4.79 Å². The van der Waals surface area contributed by atoms with Crippen molar-refractivity contribution in [1.82, 2.24) is 15.2 Å². The number of piperidine rings is 1. The van der Waals surface area contributed by atoms with Crippen LogP contribution in [0.25, 0.3) is 10.9 Å². The number of aromatic nitrogens is 1. The molecule has 34 heavy (non-hydrogen) atoms. The second-order valence-electron chi connectivity index (χ2n) is 8.79. The van der Waals surface area contributed by atoms with Crippen molar-refractivity contribution in [3.63, 3.8) is 0 Å². The zero-order valence-electron chi connectivity index (χ0n) is 19.3. The van der Waals surface area contributed by atoms with Crippen LogP contribution in [0.4, 0.5) is 0 Å². The molecule has 6 heteroatoms. The predicted octanol–water partition coefficient (Wildman–Crippen LogP) is 5.42. The third kappa shape index (κ3) is 5.13.